The molecule has 1 N–H and O–H groups in total. The summed E-state index contributed by atoms with van der Waals surface area (Å²) in [4.78, 5) is 27.0. The summed E-state index contributed by atoms with van der Waals surface area (Å²) in [5.74, 6) is 2.39. The number of nitrogens with one attached hydrogen (secondary N) is 1. The first-order chi connectivity index (χ1) is 9.64. The molecule has 114 valence electrons. The maximum atomic E-state index is 12.8. The van der Waals surface area contributed by atoms with E-state index in [4.69, 9.17) is 0 Å². The predicted molar refractivity (Wildman–Crippen MR) is 82.7 cm³/mol. The van der Waals surface area contributed by atoms with Crippen LogP contribution in [-0.2, 0) is 9.59 Å². The fourth-order valence-corrected chi connectivity index (χ4v) is 4.01. The molecule has 1 saturated heterocycles. The highest BCUT2D eigenvalue weighted by Crippen LogP contribution is 2.35. The Morgan fingerprint density at radius 3 is 2.60 bits per heavy atom. The molecule has 2 aliphatic rings. The van der Waals surface area contributed by atoms with Crippen molar-refractivity contribution >= 4 is 23.6 Å². The predicted octanol–water partition coefficient (Wildman–Crippen LogP) is 2.18. The smallest absolute Gasteiger partial charge is 0.249 e. The van der Waals surface area contributed by atoms with E-state index in [9.17, 15) is 9.59 Å². The number of hydrogen-bond acceptors (Lipinski definition) is 3. The molecule has 2 amide bonds. The molecule has 0 radical (unpaired) electrons. The van der Waals surface area contributed by atoms with E-state index in [1.807, 2.05) is 23.6 Å². The molecule has 2 fully saturated rings. The number of carbonyl (C=O) groups excluding carboxylic acids is 2. The van der Waals surface area contributed by atoms with Crippen LogP contribution in [0.3, 0.4) is 0 Å². The molecule has 0 aromatic carbocycles. The van der Waals surface area contributed by atoms with Gasteiger partial charge in [-0.25, -0.2) is 0 Å². The Morgan fingerprint density at radius 1 is 1.30 bits per heavy atom. The molecule has 1 aliphatic heterocycles. The minimum atomic E-state index is -0.569. The SMILES string of the molecule is CCSCCCN1C(=O)C2(CCCC2)NC(=O)C1CC. The second kappa shape index (κ2) is 6.83. The van der Waals surface area contributed by atoms with Gasteiger partial charge in [-0.15, -0.1) is 0 Å². The zero-order valence-electron chi connectivity index (χ0n) is 12.6. The molecule has 1 heterocycles. The number of thioether (sulfide) groups is 1. The molecule has 0 aromatic heterocycles. The van der Waals surface area contributed by atoms with E-state index < -0.39 is 5.54 Å². The molecular formula is C15H26N2O2S. The van der Waals surface area contributed by atoms with E-state index in [0.717, 1.165) is 50.2 Å². The van der Waals surface area contributed by atoms with Crippen LogP contribution in [-0.4, -0.2) is 46.3 Å². The topological polar surface area (TPSA) is 49.4 Å². The minimum Gasteiger partial charge on any atom is -0.340 e. The van der Waals surface area contributed by atoms with Crippen LogP contribution in [0.25, 0.3) is 0 Å². The highest BCUT2D eigenvalue weighted by Gasteiger charge is 2.51. The van der Waals surface area contributed by atoms with Gasteiger partial charge in [0.25, 0.3) is 0 Å². The Balaban J connectivity index is 2.07. The molecular weight excluding hydrogens is 272 g/mol. The third kappa shape index (κ3) is 2.97. The Bertz CT molecular complexity index is 367. The number of hydrogen-bond donors (Lipinski definition) is 1. The number of carbonyl (C=O) groups is 2. The van der Waals surface area contributed by atoms with Gasteiger partial charge in [-0.3, -0.25) is 9.59 Å². The van der Waals surface area contributed by atoms with Crippen molar-refractivity contribution in [1.29, 1.82) is 0 Å². The lowest BCUT2D eigenvalue weighted by Gasteiger charge is -2.44. The molecule has 20 heavy (non-hydrogen) atoms. The lowest BCUT2D eigenvalue weighted by molar-refractivity contribution is -0.155. The second-order valence-electron chi connectivity index (χ2n) is 5.75. The maximum absolute atomic E-state index is 12.8. The van der Waals surface area contributed by atoms with Crippen molar-refractivity contribution < 1.29 is 9.59 Å². The van der Waals surface area contributed by atoms with Crippen molar-refractivity contribution in [2.24, 2.45) is 0 Å². The van der Waals surface area contributed by atoms with E-state index in [1.165, 1.54) is 0 Å². The van der Waals surface area contributed by atoms with Crippen molar-refractivity contribution in [3.8, 4) is 0 Å². The van der Waals surface area contributed by atoms with Gasteiger partial charge in [0.15, 0.2) is 0 Å². The molecule has 1 aliphatic carbocycles. The van der Waals surface area contributed by atoms with E-state index in [2.05, 4.69) is 12.2 Å². The summed E-state index contributed by atoms with van der Waals surface area (Å²) in [6.07, 6.45) is 5.39. The van der Waals surface area contributed by atoms with Gasteiger partial charge in [0.2, 0.25) is 11.8 Å². The van der Waals surface area contributed by atoms with Crippen molar-refractivity contribution in [2.45, 2.75) is 64.0 Å². The van der Waals surface area contributed by atoms with Crippen molar-refractivity contribution in [2.75, 3.05) is 18.1 Å². The first-order valence-corrected chi connectivity index (χ1v) is 9.01. The number of amides is 2. The second-order valence-corrected chi connectivity index (χ2v) is 7.15. The van der Waals surface area contributed by atoms with Crippen LogP contribution in [0.5, 0.6) is 0 Å². The quantitative estimate of drug-likeness (QED) is 0.765. The van der Waals surface area contributed by atoms with Gasteiger partial charge in [-0.05, 0) is 37.2 Å². The summed E-state index contributed by atoms with van der Waals surface area (Å²) in [5, 5.41) is 3.04. The fraction of sp³-hybridized carbons (Fsp3) is 0.867. The summed E-state index contributed by atoms with van der Waals surface area (Å²) in [6.45, 7) is 4.85. The fourth-order valence-electron chi connectivity index (χ4n) is 3.39. The number of rotatable bonds is 6. The van der Waals surface area contributed by atoms with Gasteiger partial charge < -0.3 is 10.2 Å². The van der Waals surface area contributed by atoms with Gasteiger partial charge in [-0.1, -0.05) is 26.7 Å². The van der Waals surface area contributed by atoms with Crippen LogP contribution in [0.2, 0.25) is 0 Å². The largest absolute Gasteiger partial charge is 0.340 e. The summed E-state index contributed by atoms with van der Waals surface area (Å²) < 4.78 is 0. The standard InChI is InChI=1S/C15H26N2O2S/c1-3-12-13(18)16-15(8-5-6-9-15)14(19)17(12)10-7-11-20-4-2/h12H,3-11H2,1-2H3,(H,16,18). The van der Waals surface area contributed by atoms with Crippen LogP contribution >= 0.6 is 11.8 Å². The number of nitrogens with zero attached hydrogens (tertiary/aromatic N) is 1. The van der Waals surface area contributed by atoms with Gasteiger partial charge >= 0.3 is 0 Å². The monoisotopic (exact) mass is 298 g/mol. The van der Waals surface area contributed by atoms with Crippen molar-refractivity contribution in [3.05, 3.63) is 0 Å². The molecule has 2 rings (SSSR count). The normalized spacial score (nSPS) is 25.3. The van der Waals surface area contributed by atoms with Crippen LogP contribution in [0, 0.1) is 0 Å². The first-order valence-electron chi connectivity index (χ1n) is 7.85. The molecule has 1 spiro atoms. The van der Waals surface area contributed by atoms with E-state index in [-0.39, 0.29) is 17.9 Å². The Morgan fingerprint density at radius 2 is 2.00 bits per heavy atom. The summed E-state index contributed by atoms with van der Waals surface area (Å²) in [5.41, 5.74) is -0.569. The van der Waals surface area contributed by atoms with Gasteiger partial charge in [0.05, 0.1) is 0 Å². The van der Waals surface area contributed by atoms with Crippen molar-refractivity contribution in [1.82, 2.24) is 10.2 Å². The zero-order chi connectivity index (χ0) is 14.6. The molecule has 1 atom stereocenters. The third-order valence-electron chi connectivity index (χ3n) is 4.45. The van der Waals surface area contributed by atoms with Crippen LogP contribution < -0.4 is 5.32 Å². The molecule has 0 bridgehead atoms. The van der Waals surface area contributed by atoms with Crippen LogP contribution in [0.4, 0.5) is 0 Å². The minimum absolute atomic E-state index is 0.0529. The lowest BCUT2D eigenvalue weighted by Crippen LogP contribution is -2.69. The van der Waals surface area contributed by atoms with Gasteiger partial charge in [0, 0.05) is 6.54 Å². The average molecular weight is 298 g/mol. The molecule has 4 nitrogen and oxygen atoms in total. The maximum Gasteiger partial charge on any atom is 0.249 e. The van der Waals surface area contributed by atoms with Crippen LogP contribution in [0.15, 0.2) is 0 Å². The molecule has 5 heteroatoms. The Labute approximate surface area is 126 Å². The van der Waals surface area contributed by atoms with Crippen molar-refractivity contribution in [3.63, 3.8) is 0 Å². The Hall–Kier alpha value is -0.710. The average Bonchev–Trinajstić information content (AvgIpc) is 2.89. The molecule has 0 aromatic rings. The first kappa shape index (κ1) is 15.7. The molecule has 1 unspecified atom stereocenters. The third-order valence-corrected chi connectivity index (χ3v) is 5.43. The zero-order valence-corrected chi connectivity index (χ0v) is 13.4. The lowest BCUT2D eigenvalue weighted by atomic mass is 9.90. The molecule has 1 saturated carbocycles. The number of piperazine rings is 1. The highest BCUT2D eigenvalue weighted by molar-refractivity contribution is 7.99. The summed E-state index contributed by atoms with van der Waals surface area (Å²) in [6, 6.07) is -0.264. The summed E-state index contributed by atoms with van der Waals surface area (Å²) >= 11 is 1.89. The van der Waals surface area contributed by atoms with E-state index in [1.54, 1.807) is 0 Å². The van der Waals surface area contributed by atoms with Crippen LogP contribution in [0.1, 0.15) is 52.4 Å². The Kier molecular flexibility index (Phi) is 5.35. The summed E-state index contributed by atoms with van der Waals surface area (Å²) in [7, 11) is 0. The van der Waals surface area contributed by atoms with Gasteiger partial charge in [0.1, 0.15) is 11.6 Å². The van der Waals surface area contributed by atoms with E-state index >= 15 is 0 Å². The highest BCUT2D eigenvalue weighted by atomic mass is 32.2. The van der Waals surface area contributed by atoms with Gasteiger partial charge in [-0.2, -0.15) is 11.8 Å². The van der Waals surface area contributed by atoms with E-state index in [0.29, 0.717) is 6.42 Å².